The number of halogens is 2. The molecular formula is C34H35ClFN7O6S. The molecule has 0 unspecified atom stereocenters. The molecule has 3 fully saturated rings. The van der Waals surface area contributed by atoms with Crippen LogP contribution < -0.4 is 10.2 Å². The lowest BCUT2D eigenvalue weighted by atomic mass is 9.95. The minimum atomic E-state index is -0.906. The number of fused-ring (bicyclic) bond motifs is 1. The number of aliphatic imine (C=N–C) groups is 1. The number of urea groups is 1. The van der Waals surface area contributed by atoms with Crippen LogP contribution in [0, 0.1) is 5.82 Å². The maximum absolute atomic E-state index is 14.0. The van der Waals surface area contributed by atoms with E-state index in [0.717, 1.165) is 11.3 Å². The minimum Gasteiger partial charge on any atom is -0.480 e. The molecule has 0 saturated carbocycles. The van der Waals surface area contributed by atoms with Crippen molar-refractivity contribution < 1.29 is 33.4 Å². The summed E-state index contributed by atoms with van der Waals surface area (Å²) in [6.45, 7) is 4.07. The second kappa shape index (κ2) is 14.4. The number of carbonyl (C=O) groups excluding carboxylic acids is 2. The molecule has 0 bridgehead atoms. The highest BCUT2D eigenvalue weighted by molar-refractivity contribution is 7.11. The Bertz CT molecular complexity index is 1840. The van der Waals surface area contributed by atoms with Crippen LogP contribution in [-0.2, 0) is 25.6 Å². The maximum atomic E-state index is 14.0. The lowest BCUT2D eigenvalue weighted by Gasteiger charge is -2.38. The predicted octanol–water partition coefficient (Wildman–Crippen LogP) is 3.37. The van der Waals surface area contributed by atoms with E-state index in [0.29, 0.717) is 74.5 Å². The number of nitrogens with zero attached hydrogens (tertiary/aromatic N) is 6. The quantitative estimate of drug-likeness (QED) is 0.316. The number of carboxylic acids is 1. The average Bonchev–Trinajstić information content (AvgIpc) is 3.77. The van der Waals surface area contributed by atoms with Gasteiger partial charge in [-0.05, 0) is 29.8 Å². The lowest BCUT2D eigenvalue weighted by Crippen LogP contribution is -2.53. The van der Waals surface area contributed by atoms with Crippen molar-refractivity contribution in [3.63, 3.8) is 0 Å². The number of piperazine rings is 1. The highest BCUT2D eigenvalue weighted by Crippen LogP contribution is 2.37. The molecule has 2 aromatic carbocycles. The number of amides is 2. The molecule has 50 heavy (non-hydrogen) atoms. The number of ether oxygens (including phenoxy) is 2. The van der Waals surface area contributed by atoms with Crippen molar-refractivity contribution in [2.45, 2.75) is 24.7 Å². The summed E-state index contributed by atoms with van der Waals surface area (Å²) >= 11 is 7.89. The van der Waals surface area contributed by atoms with Gasteiger partial charge in [0.1, 0.15) is 17.9 Å². The number of thiazole rings is 1. The van der Waals surface area contributed by atoms with Crippen LogP contribution in [0.15, 0.2) is 70.3 Å². The fraction of sp³-hybridized carbons (Fsp3) is 0.382. The van der Waals surface area contributed by atoms with Crippen LogP contribution in [-0.4, -0.2) is 120 Å². The number of nitrogens with one attached hydrogen (secondary N) is 1. The Labute approximate surface area is 296 Å². The van der Waals surface area contributed by atoms with Crippen molar-refractivity contribution in [1.29, 1.82) is 0 Å². The summed E-state index contributed by atoms with van der Waals surface area (Å²) in [5, 5.41) is 15.5. The Kier molecular flexibility index (Phi) is 9.84. The van der Waals surface area contributed by atoms with E-state index in [4.69, 9.17) is 26.1 Å². The van der Waals surface area contributed by atoms with E-state index in [1.807, 2.05) is 39.4 Å². The summed E-state index contributed by atoms with van der Waals surface area (Å²) in [6, 6.07) is 9.95. The van der Waals surface area contributed by atoms with Crippen LogP contribution in [0.3, 0.4) is 0 Å². The van der Waals surface area contributed by atoms with Gasteiger partial charge >= 0.3 is 18.0 Å². The fourth-order valence-electron chi connectivity index (χ4n) is 6.89. The van der Waals surface area contributed by atoms with Crippen LogP contribution in [0.25, 0.3) is 0 Å². The molecule has 7 rings (SSSR count). The van der Waals surface area contributed by atoms with Crippen molar-refractivity contribution in [3.05, 3.63) is 92.3 Å². The van der Waals surface area contributed by atoms with Crippen LogP contribution in [0.1, 0.15) is 22.2 Å². The maximum Gasteiger partial charge on any atom is 0.338 e. The Balaban J connectivity index is 1.08. The van der Waals surface area contributed by atoms with Gasteiger partial charge in [-0.1, -0.05) is 29.8 Å². The van der Waals surface area contributed by atoms with Gasteiger partial charge in [-0.25, -0.2) is 19.0 Å². The van der Waals surface area contributed by atoms with Gasteiger partial charge in [-0.2, -0.15) is 0 Å². The summed E-state index contributed by atoms with van der Waals surface area (Å²) in [5.74, 6) is -1.53. The molecule has 3 atom stereocenters. The number of esters is 1. The molecule has 262 valence electrons. The first-order chi connectivity index (χ1) is 24.2. The average molecular weight is 724 g/mol. The van der Waals surface area contributed by atoms with Crippen LogP contribution >= 0.6 is 22.9 Å². The molecular weight excluding hydrogens is 689 g/mol. The number of aromatic nitrogens is 1. The number of benzene rings is 2. The predicted molar refractivity (Wildman–Crippen MR) is 184 cm³/mol. The summed E-state index contributed by atoms with van der Waals surface area (Å²) < 4.78 is 24.6. The van der Waals surface area contributed by atoms with Crippen LogP contribution in [0.4, 0.5) is 14.9 Å². The second-order valence-electron chi connectivity index (χ2n) is 12.4. The molecule has 3 saturated heterocycles. The van der Waals surface area contributed by atoms with Crippen molar-refractivity contribution in [3.8, 4) is 0 Å². The second-order valence-corrected chi connectivity index (χ2v) is 13.7. The fourth-order valence-corrected chi connectivity index (χ4v) is 7.75. The van der Waals surface area contributed by atoms with E-state index in [9.17, 15) is 23.9 Å². The van der Waals surface area contributed by atoms with Crippen LogP contribution in [0.2, 0.25) is 5.02 Å². The molecule has 3 aromatic rings. The number of aliphatic carboxylic acids is 1. The summed E-state index contributed by atoms with van der Waals surface area (Å²) in [7, 11) is 1.30. The number of hydrogen-bond acceptors (Lipinski definition) is 11. The van der Waals surface area contributed by atoms with Crippen molar-refractivity contribution >= 4 is 52.4 Å². The molecule has 2 amide bonds. The molecule has 16 heteroatoms. The van der Waals surface area contributed by atoms with E-state index in [2.05, 4.69) is 15.2 Å². The van der Waals surface area contributed by atoms with Crippen molar-refractivity contribution in [1.82, 2.24) is 25.0 Å². The Hall–Kier alpha value is -4.41. The van der Waals surface area contributed by atoms with E-state index in [-0.39, 0.29) is 29.3 Å². The first-order valence-corrected chi connectivity index (χ1v) is 17.4. The van der Waals surface area contributed by atoms with Gasteiger partial charge in [0.25, 0.3) is 0 Å². The lowest BCUT2D eigenvalue weighted by molar-refractivity contribution is -0.150. The van der Waals surface area contributed by atoms with E-state index in [1.165, 1.54) is 36.6 Å². The highest BCUT2D eigenvalue weighted by Gasteiger charge is 2.42. The third-order valence-electron chi connectivity index (χ3n) is 9.40. The molecule has 1 aromatic heterocycles. The molecule has 4 aliphatic heterocycles. The molecule has 2 N–H and O–H groups in total. The van der Waals surface area contributed by atoms with Crippen molar-refractivity contribution in [2.24, 2.45) is 4.99 Å². The topological polar surface area (TPSA) is 140 Å². The van der Waals surface area contributed by atoms with Gasteiger partial charge in [-0.3, -0.25) is 24.5 Å². The van der Waals surface area contributed by atoms with Gasteiger partial charge in [0.15, 0.2) is 10.8 Å². The Morgan fingerprint density at radius 3 is 2.68 bits per heavy atom. The van der Waals surface area contributed by atoms with Gasteiger partial charge in [0, 0.05) is 79.4 Å². The largest absolute Gasteiger partial charge is 0.480 e. The Morgan fingerprint density at radius 1 is 1.14 bits per heavy atom. The third kappa shape index (κ3) is 6.83. The normalized spacial score (nSPS) is 23.1. The molecule has 0 aliphatic carbocycles. The van der Waals surface area contributed by atoms with E-state index >= 15 is 0 Å². The number of hydrogen-bond donors (Lipinski definition) is 2. The molecule has 13 nitrogen and oxygen atoms in total. The molecule has 0 spiro atoms. The smallest absolute Gasteiger partial charge is 0.338 e. The number of rotatable bonds is 9. The number of carbonyl (C=O) groups is 3. The first kappa shape index (κ1) is 34.1. The zero-order valence-electron chi connectivity index (χ0n) is 27.1. The summed E-state index contributed by atoms with van der Waals surface area (Å²) in [4.78, 5) is 55.5. The molecule has 4 aliphatic rings. The standard InChI is InChI=1S/C34H35ClFN7O6S/c1-48-33(46)28-26(38-30(31-37-8-13-50-31)39-29(28)24-7-4-21(36)14-25(24)35)18-40-9-10-42-23(16-40)17-43(34(42)47)22-5-2-20(3-6-22)15-41-11-12-49-19-27(41)32(44)45/h2-8,13-14,23,27,29H,9-12,15-19H2,1H3,(H,38,39)(H,44,45)/t23-,27-,29-/m0/s1. The summed E-state index contributed by atoms with van der Waals surface area (Å²) in [5.41, 5.74) is 3.01. The third-order valence-corrected chi connectivity index (χ3v) is 10.5. The van der Waals surface area contributed by atoms with E-state index in [1.54, 1.807) is 11.1 Å². The van der Waals surface area contributed by atoms with Crippen molar-refractivity contribution in [2.75, 3.05) is 64.5 Å². The van der Waals surface area contributed by atoms with Crippen LogP contribution in [0.5, 0.6) is 0 Å². The first-order valence-electron chi connectivity index (χ1n) is 16.1. The van der Waals surface area contributed by atoms with Gasteiger partial charge in [0.05, 0.1) is 31.9 Å². The zero-order chi connectivity index (χ0) is 34.9. The number of carboxylic acid groups (broad SMARTS) is 1. The van der Waals surface area contributed by atoms with Gasteiger partial charge in [0.2, 0.25) is 0 Å². The number of morpholine rings is 1. The van der Waals surface area contributed by atoms with Gasteiger partial charge < -0.3 is 24.8 Å². The molecule has 5 heterocycles. The SMILES string of the molecule is COC(=O)C1=C(CN2CCN3C(=O)N(c4ccc(CN5CCOC[C@H]5C(=O)O)cc4)C[C@@H]3C2)NC(c2nccs2)=N[C@H]1c1ccc(F)cc1Cl. The minimum absolute atomic E-state index is 0.0732. The Morgan fingerprint density at radius 2 is 1.96 bits per heavy atom. The number of amidine groups is 1. The zero-order valence-corrected chi connectivity index (χ0v) is 28.7. The monoisotopic (exact) mass is 723 g/mol. The summed E-state index contributed by atoms with van der Waals surface area (Å²) in [6.07, 6.45) is 1.66. The molecule has 0 radical (unpaired) electrons. The van der Waals surface area contributed by atoms with E-state index < -0.39 is 29.8 Å². The number of methoxy groups -OCH3 is 1. The highest BCUT2D eigenvalue weighted by atomic mass is 35.5. The van der Waals surface area contributed by atoms with Gasteiger partial charge in [-0.15, -0.1) is 11.3 Å². The number of anilines is 1.